The van der Waals surface area contributed by atoms with Gasteiger partial charge in [0, 0.05) is 26.1 Å². The monoisotopic (exact) mass is 296 g/mol. The minimum absolute atomic E-state index is 0.206. The van der Waals surface area contributed by atoms with Gasteiger partial charge in [-0.15, -0.1) is 0 Å². The van der Waals surface area contributed by atoms with Crippen LogP contribution in [0.2, 0.25) is 0 Å². The van der Waals surface area contributed by atoms with Gasteiger partial charge in [-0.25, -0.2) is 4.79 Å². The highest BCUT2D eigenvalue weighted by atomic mass is 16.5. The lowest BCUT2D eigenvalue weighted by atomic mass is 9.87. The summed E-state index contributed by atoms with van der Waals surface area (Å²) in [5.41, 5.74) is 0. The molecule has 1 N–H and O–H groups in total. The molecule has 2 aliphatic rings. The largest absolute Gasteiger partial charge is 0.453 e. The van der Waals surface area contributed by atoms with E-state index < -0.39 is 0 Å². The fourth-order valence-electron chi connectivity index (χ4n) is 3.43. The van der Waals surface area contributed by atoms with Gasteiger partial charge in [-0.05, 0) is 37.5 Å². The van der Waals surface area contributed by atoms with Crippen LogP contribution in [0.3, 0.4) is 0 Å². The molecule has 1 saturated carbocycles. The molecule has 0 radical (unpaired) electrons. The van der Waals surface area contributed by atoms with Crippen molar-refractivity contribution in [1.82, 2.24) is 10.2 Å². The van der Waals surface area contributed by atoms with Crippen molar-refractivity contribution in [2.24, 2.45) is 11.8 Å². The van der Waals surface area contributed by atoms with Crippen LogP contribution < -0.4 is 5.32 Å². The smallest absolute Gasteiger partial charge is 0.409 e. The lowest BCUT2D eigenvalue weighted by molar-refractivity contribution is -0.122. The zero-order valence-electron chi connectivity index (χ0n) is 13.1. The second-order valence-corrected chi connectivity index (χ2v) is 6.41. The summed E-state index contributed by atoms with van der Waals surface area (Å²) >= 11 is 0. The van der Waals surface area contributed by atoms with Gasteiger partial charge < -0.3 is 15.0 Å². The second kappa shape index (κ2) is 8.25. The fourth-order valence-corrected chi connectivity index (χ4v) is 3.43. The molecule has 0 unspecified atom stereocenters. The van der Waals surface area contributed by atoms with Crippen molar-refractivity contribution in [1.29, 1.82) is 0 Å². The predicted molar refractivity (Wildman–Crippen MR) is 80.9 cm³/mol. The molecule has 21 heavy (non-hydrogen) atoms. The highest BCUT2D eigenvalue weighted by molar-refractivity contribution is 5.76. The number of carbonyl (C=O) groups is 2. The standard InChI is InChI=1S/C16H28N2O3/c1-21-16(20)18-9-7-14(8-10-18)12-17-15(19)11-13-5-3-2-4-6-13/h13-14H,2-12H2,1H3,(H,17,19). The van der Waals surface area contributed by atoms with Crippen molar-refractivity contribution in [2.75, 3.05) is 26.7 Å². The Balaban J connectivity index is 1.60. The number of hydrogen-bond donors (Lipinski definition) is 1. The van der Waals surface area contributed by atoms with Crippen molar-refractivity contribution in [3.05, 3.63) is 0 Å². The van der Waals surface area contributed by atoms with Crippen LogP contribution in [0, 0.1) is 11.8 Å². The molecule has 1 aliphatic heterocycles. The van der Waals surface area contributed by atoms with E-state index in [1.165, 1.54) is 39.2 Å². The highest BCUT2D eigenvalue weighted by Gasteiger charge is 2.24. The quantitative estimate of drug-likeness (QED) is 0.867. The van der Waals surface area contributed by atoms with Gasteiger partial charge in [-0.1, -0.05) is 19.3 Å². The number of amides is 2. The number of ether oxygens (including phenoxy) is 1. The first-order valence-corrected chi connectivity index (χ1v) is 8.28. The normalized spacial score (nSPS) is 21.1. The number of nitrogens with zero attached hydrogens (tertiary/aromatic N) is 1. The molecule has 1 heterocycles. The van der Waals surface area contributed by atoms with Gasteiger partial charge in [-0.3, -0.25) is 4.79 Å². The Hall–Kier alpha value is -1.26. The maximum Gasteiger partial charge on any atom is 0.409 e. The van der Waals surface area contributed by atoms with Gasteiger partial charge in [0.15, 0.2) is 0 Å². The van der Waals surface area contributed by atoms with Crippen LogP contribution in [0.4, 0.5) is 4.79 Å². The van der Waals surface area contributed by atoms with Gasteiger partial charge in [0.05, 0.1) is 7.11 Å². The molecule has 0 aromatic heterocycles. The number of hydrogen-bond acceptors (Lipinski definition) is 3. The van der Waals surface area contributed by atoms with E-state index in [1.807, 2.05) is 0 Å². The van der Waals surface area contributed by atoms with Crippen LogP contribution in [-0.2, 0) is 9.53 Å². The topological polar surface area (TPSA) is 58.6 Å². The lowest BCUT2D eigenvalue weighted by Gasteiger charge is -2.31. The summed E-state index contributed by atoms with van der Waals surface area (Å²) in [7, 11) is 1.42. The molecule has 0 atom stereocenters. The molecule has 0 spiro atoms. The first-order valence-electron chi connectivity index (χ1n) is 8.28. The minimum atomic E-state index is -0.241. The Bertz CT molecular complexity index is 345. The number of nitrogens with one attached hydrogen (secondary N) is 1. The Morgan fingerprint density at radius 2 is 1.71 bits per heavy atom. The number of piperidine rings is 1. The molecule has 2 fully saturated rings. The molecule has 0 bridgehead atoms. The predicted octanol–water partition coefficient (Wildman–Crippen LogP) is 2.55. The zero-order chi connectivity index (χ0) is 15.1. The molecular weight excluding hydrogens is 268 g/mol. The maximum atomic E-state index is 12.0. The molecular formula is C16H28N2O3. The van der Waals surface area contributed by atoms with Crippen LogP contribution in [0.15, 0.2) is 0 Å². The van der Waals surface area contributed by atoms with Crippen molar-refractivity contribution in [3.8, 4) is 0 Å². The van der Waals surface area contributed by atoms with E-state index in [4.69, 9.17) is 4.74 Å². The number of carbonyl (C=O) groups excluding carboxylic acids is 2. The Morgan fingerprint density at radius 3 is 2.33 bits per heavy atom. The fraction of sp³-hybridized carbons (Fsp3) is 0.875. The zero-order valence-corrected chi connectivity index (χ0v) is 13.1. The van der Waals surface area contributed by atoms with E-state index >= 15 is 0 Å². The first-order chi connectivity index (χ1) is 10.2. The minimum Gasteiger partial charge on any atom is -0.453 e. The Kier molecular flexibility index (Phi) is 6.33. The molecule has 120 valence electrons. The summed E-state index contributed by atoms with van der Waals surface area (Å²) in [6, 6.07) is 0. The molecule has 1 saturated heterocycles. The lowest BCUT2D eigenvalue weighted by Crippen LogP contribution is -2.41. The maximum absolute atomic E-state index is 12.0. The third kappa shape index (κ3) is 5.21. The van der Waals surface area contributed by atoms with Crippen LogP contribution in [0.25, 0.3) is 0 Å². The van der Waals surface area contributed by atoms with Crippen molar-refractivity contribution in [3.63, 3.8) is 0 Å². The van der Waals surface area contributed by atoms with Gasteiger partial charge in [0.25, 0.3) is 0 Å². The van der Waals surface area contributed by atoms with E-state index in [1.54, 1.807) is 4.90 Å². The van der Waals surface area contributed by atoms with E-state index in [0.717, 1.165) is 32.5 Å². The average molecular weight is 296 g/mol. The Labute approximate surface area is 127 Å². The van der Waals surface area contributed by atoms with Crippen LogP contribution >= 0.6 is 0 Å². The third-order valence-electron chi connectivity index (χ3n) is 4.83. The summed E-state index contributed by atoms with van der Waals surface area (Å²) in [4.78, 5) is 25.1. The van der Waals surface area contributed by atoms with Gasteiger partial charge in [0.2, 0.25) is 5.91 Å². The number of likely N-dealkylation sites (tertiary alicyclic amines) is 1. The van der Waals surface area contributed by atoms with Gasteiger partial charge in [-0.2, -0.15) is 0 Å². The second-order valence-electron chi connectivity index (χ2n) is 6.41. The number of rotatable bonds is 4. The van der Waals surface area contributed by atoms with Crippen molar-refractivity contribution in [2.45, 2.75) is 51.4 Å². The summed E-state index contributed by atoms with van der Waals surface area (Å²) in [5.74, 6) is 1.29. The molecule has 5 nitrogen and oxygen atoms in total. The third-order valence-corrected chi connectivity index (χ3v) is 4.83. The average Bonchev–Trinajstić information content (AvgIpc) is 2.53. The molecule has 2 rings (SSSR count). The number of methoxy groups -OCH3 is 1. The highest BCUT2D eigenvalue weighted by Crippen LogP contribution is 2.26. The molecule has 5 heteroatoms. The molecule has 2 amide bonds. The molecule has 0 aromatic carbocycles. The van der Waals surface area contributed by atoms with Crippen molar-refractivity contribution >= 4 is 12.0 Å². The molecule has 0 aromatic rings. The van der Waals surface area contributed by atoms with Crippen LogP contribution in [0.5, 0.6) is 0 Å². The van der Waals surface area contributed by atoms with Crippen LogP contribution in [0.1, 0.15) is 51.4 Å². The Morgan fingerprint density at radius 1 is 1.05 bits per heavy atom. The summed E-state index contributed by atoms with van der Waals surface area (Å²) in [6.07, 6.45) is 8.66. The van der Waals surface area contributed by atoms with Crippen molar-refractivity contribution < 1.29 is 14.3 Å². The van der Waals surface area contributed by atoms with E-state index in [0.29, 0.717) is 18.3 Å². The summed E-state index contributed by atoms with van der Waals surface area (Å²) in [5, 5.41) is 3.08. The summed E-state index contributed by atoms with van der Waals surface area (Å²) in [6.45, 7) is 2.21. The molecule has 1 aliphatic carbocycles. The van der Waals surface area contributed by atoms with Gasteiger partial charge >= 0.3 is 6.09 Å². The van der Waals surface area contributed by atoms with Crippen LogP contribution in [-0.4, -0.2) is 43.6 Å². The summed E-state index contributed by atoms with van der Waals surface area (Å²) < 4.78 is 4.72. The van der Waals surface area contributed by atoms with Gasteiger partial charge in [0.1, 0.15) is 0 Å². The van der Waals surface area contributed by atoms with E-state index in [9.17, 15) is 9.59 Å². The first kappa shape index (κ1) is 16.1. The SMILES string of the molecule is COC(=O)N1CCC(CNC(=O)CC2CCCCC2)CC1. The van der Waals surface area contributed by atoms with E-state index in [2.05, 4.69) is 5.32 Å². The van der Waals surface area contributed by atoms with E-state index in [-0.39, 0.29) is 12.0 Å².